The van der Waals surface area contributed by atoms with Crippen LogP contribution in [0.25, 0.3) is 0 Å². The van der Waals surface area contributed by atoms with Crippen molar-refractivity contribution in [3.63, 3.8) is 0 Å². The van der Waals surface area contributed by atoms with E-state index < -0.39 is 31.8 Å². The fourth-order valence-corrected chi connectivity index (χ4v) is 0.440. The highest BCUT2D eigenvalue weighted by Crippen LogP contribution is 2.36. The first-order valence-corrected chi connectivity index (χ1v) is 2.97. The van der Waals surface area contributed by atoms with Crippen LogP contribution in [0, 0.1) is 0 Å². The molecule has 0 aliphatic heterocycles. The van der Waals surface area contributed by atoms with Gasteiger partial charge in [-0.3, -0.25) is 0 Å². The van der Waals surface area contributed by atoms with Crippen molar-refractivity contribution in [2.75, 3.05) is 0 Å². The zero-order valence-corrected chi connectivity index (χ0v) is 5.94. The fourth-order valence-electron chi connectivity index (χ4n) is 0.440. The second-order valence-electron chi connectivity index (χ2n) is 2.32. The number of hydrogen-bond donors (Lipinski definition) is 0. The summed E-state index contributed by atoms with van der Waals surface area (Å²) in [7, 11) is -2.26. The molecule has 0 aromatic rings. The number of halogens is 8. The van der Waals surface area contributed by atoms with E-state index in [1.54, 1.807) is 0 Å². The van der Waals surface area contributed by atoms with Crippen LogP contribution in [0.3, 0.4) is 0 Å². The van der Waals surface area contributed by atoms with Gasteiger partial charge in [-0.1, -0.05) is 0 Å². The predicted molar refractivity (Wildman–Crippen MR) is 29.0 cm³/mol. The summed E-state index contributed by atoms with van der Waals surface area (Å²) in [6.07, 6.45) is -13.1. The largest absolute Gasteiger partial charge is 0.443 e. The molecular formula is C4H3BF8. The molecule has 0 saturated heterocycles. The molecule has 0 N–H and O–H groups in total. The molecule has 0 spiro atoms. The lowest BCUT2D eigenvalue weighted by molar-refractivity contribution is -0.245. The summed E-state index contributed by atoms with van der Waals surface area (Å²) >= 11 is 0. The minimum absolute atomic E-state index is 2.15. The van der Waals surface area contributed by atoms with Crippen LogP contribution in [0.1, 0.15) is 0 Å². The molecule has 0 aliphatic rings. The van der Waals surface area contributed by atoms with Gasteiger partial charge in [0.05, 0.1) is 0 Å². The van der Waals surface area contributed by atoms with E-state index in [0.717, 1.165) is 0 Å². The van der Waals surface area contributed by atoms with Gasteiger partial charge in [0.1, 0.15) is 0 Å². The van der Waals surface area contributed by atoms with Gasteiger partial charge in [0.25, 0.3) is 0 Å². The van der Waals surface area contributed by atoms with Crippen LogP contribution in [-0.2, 0) is 0 Å². The van der Waals surface area contributed by atoms with Crippen LogP contribution in [0.5, 0.6) is 0 Å². The molecule has 78 valence electrons. The second kappa shape index (κ2) is 3.34. The molecule has 0 bridgehead atoms. The second-order valence-corrected chi connectivity index (χ2v) is 2.32. The molecule has 0 unspecified atom stereocenters. The zero-order valence-electron chi connectivity index (χ0n) is 5.94. The Bertz CT molecular complexity index is 166. The summed E-state index contributed by atoms with van der Waals surface area (Å²) in [5.41, 5.74) is 0. The van der Waals surface area contributed by atoms with Gasteiger partial charge < -0.3 is 0 Å². The van der Waals surface area contributed by atoms with Crippen molar-refractivity contribution < 1.29 is 35.1 Å². The average molecular weight is 214 g/mol. The van der Waals surface area contributed by atoms with Gasteiger partial charge in [0.15, 0.2) is 0 Å². The Kier molecular flexibility index (Phi) is 3.21. The predicted octanol–water partition coefficient (Wildman–Crippen LogP) is 2.56. The van der Waals surface area contributed by atoms with Gasteiger partial charge in [-0.25, -0.2) is 8.78 Å². The molecule has 0 amide bonds. The molecule has 9 heteroatoms. The smallest absolute Gasteiger partial charge is 0.208 e. The summed E-state index contributed by atoms with van der Waals surface area (Å²) in [4.78, 5) is 0. The first kappa shape index (κ1) is 12.5. The summed E-state index contributed by atoms with van der Waals surface area (Å²) < 4.78 is 91.4. The van der Waals surface area contributed by atoms with E-state index in [4.69, 9.17) is 0 Å². The van der Waals surface area contributed by atoms with E-state index in [2.05, 4.69) is 0 Å². The molecule has 13 heavy (non-hydrogen) atoms. The van der Waals surface area contributed by atoms with E-state index in [1.165, 1.54) is 0 Å². The van der Waals surface area contributed by atoms with Crippen LogP contribution >= 0.6 is 0 Å². The Morgan fingerprint density at radius 2 is 1.15 bits per heavy atom. The molecular weight excluding hydrogens is 211 g/mol. The van der Waals surface area contributed by atoms with E-state index >= 15 is 0 Å². The molecule has 0 aliphatic carbocycles. The van der Waals surface area contributed by atoms with Gasteiger partial charge in [-0.2, -0.15) is 26.3 Å². The number of hydrogen-bond acceptors (Lipinski definition) is 0. The summed E-state index contributed by atoms with van der Waals surface area (Å²) in [5.74, 6) is -5.28. The molecule has 0 rings (SSSR count). The van der Waals surface area contributed by atoms with Gasteiger partial charge in [0.2, 0.25) is 7.28 Å². The average Bonchev–Trinajstić information content (AvgIpc) is 1.79. The third-order valence-electron chi connectivity index (χ3n) is 1.14. The van der Waals surface area contributed by atoms with Crippen molar-refractivity contribution in [1.29, 1.82) is 0 Å². The van der Waals surface area contributed by atoms with Crippen LogP contribution in [-0.4, -0.2) is 25.5 Å². The van der Waals surface area contributed by atoms with Gasteiger partial charge in [-0.05, 0) is 0 Å². The van der Waals surface area contributed by atoms with Gasteiger partial charge in [0, 0.05) is 6.32 Å². The van der Waals surface area contributed by atoms with E-state index in [1.807, 2.05) is 0 Å². The number of rotatable bonds is 2. The molecule has 0 fully saturated rings. The lowest BCUT2D eigenvalue weighted by Gasteiger charge is -2.19. The first-order chi connectivity index (χ1) is 5.46. The Labute approximate surface area is 68.1 Å². The third kappa shape index (κ3) is 4.32. The van der Waals surface area contributed by atoms with Crippen molar-refractivity contribution in [1.82, 2.24) is 0 Å². The molecule has 0 heterocycles. The Hall–Kier alpha value is -0.495. The van der Waals surface area contributed by atoms with Crippen molar-refractivity contribution >= 4 is 7.28 Å². The molecule has 0 aromatic heterocycles. The minimum atomic E-state index is -5.92. The van der Waals surface area contributed by atoms with E-state index in [-0.39, 0.29) is 0 Å². The lowest BCUT2D eigenvalue weighted by atomic mass is 9.66. The Morgan fingerprint density at radius 3 is 1.38 bits per heavy atom. The standard InChI is InChI=1S/C4H3BF8/c6-2(7,8)1-5-3(9,10)4(11,12)13/h5H,1H2. The molecule has 0 saturated carbocycles. The zero-order chi connectivity index (χ0) is 10.9. The van der Waals surface area contributed by atoms with Crippen LogP contribution < -0.4 is 0 Å². The molecule has 0 atom stereocenters. The maximum atomic E-state index is 11.8. The monoisotopic (exact) mass is 214 g/mol. The number of alkyl halides is 8. The van der Waals surface area contributed by atoms with Gasteiger partial charge >= 0.3 is 18.2 Å². The first-order valence-electron chi connectivity index (χ1n) is 2.97. The third-order valence-corrected chi connectivity index (χ3v) is 1.14. The molecule has 0 aromatic carbocycles. The summed E-state index contributed by atoms with van der Waals surface area (Å²) in [6, 6.07) is 0. The minimum Gasteiger partial charge on any atom is -0.208 e. The fraction of sp³-hybridized carbons (Fsp3) is 1.00. The highest BCUT2D eigenvalue weighted by molar-refractivity contribution is 6.39. The highest BCUT2D eigenvalue weighted by Gasteiger charge is 2.58. The maximum Gasteiger partial charge on any atom is 0.443 e. The van der Waals surface area contributed by atoms with Crippen molar-refractivity contribution in [3.8, 4) is 0 Å². The summed E-state index contributed by atoms with van der Waals surface area (Å²) in [5, 5.41) is 0. The normalized spacial score (nSPS) is 14.5. The van der Waals surface area contributed by atoms with Crippen LogP contribution in [0.2, 0.25) is 6.32 Å². The Balaban J connectivity index is 4.21. The van der Waals surface area contributed by atoms with Crippen LogP contribution in [0.15, 0.2) is 0 Å². The van der Waals surface area contributed by atoms with E-state index in [9.17, 15) is 35.1 Å². The van der Waals surface area contributed by atoms with Crippen molar-refractivity contribution in [3.05, 3.63) is 0 Å². The molecule has 0 radical (unpaired) electrons. The quantitative estimate of drug-likeness (QED) is 0.489. The summed E-state index contributed by atoms with van der Waals surface area (Å²) in [6.45, 7) is 0. The van der Waals surface area contributed by atoms with Crippen molar-refractivity contribution in [2.24, 2.45) is 0 Å². The van der Waals surface area contributed by atoms with E-state index in [0.29, 0.717) is 0 Å². The highest BCUT2D eigenvalue weighted by atomic mass is 19.4. The van der Waals surface area contributed by atoms with Crippen LogP contribution in [0.4, 0.5) is 35.1 Å². The van der Waals surface area contributed by atoms with Gasteiger partial charge in [-0.15, -0.1) is 0 Å². The molecule has 0 nitrogen and oxygen atoms in total. The maximum absolute atomic E-state index is 11.8. The SMILES string of the molecule is FC(F)(F)CBC(F)(F)C(F)(F)F. The lowest BCUT2D eigenvalue weighted by Crippen LogP contribution is -2.43. The Morgan fingerprint density at radius 1 is 0.769 bits per heavy atom. The topological polar surface area (TPSA) is 0 Å². The van der Waals surface area contributed by atoms with Crippen molar-refractivity contribution in [2.45, 2.75) is 24.5 Å².